The predicted molar refractivity (Wildman–Crippen MR) is 77.8 cm³/mol. The van der Waals surface area contributed by atoms with Crippen molar-refractivity contribution in [1.29, 1.82) is 5.26 Å². The standard InChI is InChI=1S/C16H23N3/c1-13(19-9-3-4-10-19)12-18-14(2)16-7-5-15(11-17)6-8-16/h5-8,13-14,18H,3-4,9-10,12H2,1-2H3. The van der Waals surface area contributed by atoms with Crippen LogP contribution in [0.1, 0.15) is 43.9 Å². The topological polar surface area (TPSA) is 39.1 Å². The number of likely N-dealkylation sites (tertiary alicyclic amines) is 1. The lowest BCUT2D eigenvalue weighted by Crippen LogP contribution is -2.39. The maximum Gasteiger partial charge on any atom is 0.0991 e. The first-order chi connectivity index (χ1) is 9.20. The SMILES string of the molecule is CC(NCC(C)N1CCCC1)c1ccc(C#N)cc1. The van der Waals surface area contributed by atoms with Crippen molar-refractivity contribution in [2.75, 3.05) is 19.6 Å². The lowest BCUT2D eigenvalue weighted by Gasteiger charge is -2.26. The summed E-state index contributed by atoms with van der Waals surface area (Å²) in [6.45, 7) is 7.98. The van der Waals surface area contributed by atoms with Crippen LogP contribution in [0.3, 0.4) is 0 Å². The number of nitrogens with zero attached hydrogens (tertiary/aromatic N) is 2. The first-order valence-corrected chi connectivity index (χ1v) is 7.18. The Morgan fingerprint density at radius 1 is 1.21 bits per heavy atom. The molecular formula is C16H23N3. The summed E-state index contributed by atoms with van der Waals surface area (Å²) >= 11 is 0. The second kappa shape index (κ2) is 6.70. The summed E-state index contributed by atoms with van der Waals surface area (Å²) in [4.78, 5) is 2.55. The molecule has 102 valence electrons. The van der Waals surface area contributed by atoms with E-state index in [9.17, 15) is 0 Å². The molecule has 2 rings (SSSR count). The third-order valence-electron chi connectivity index (χ3n) is 4.02. The first kappa shape index (κ1) is 14.0. The normalized spacial score (nSPS) is 19.0. The Labute approximate surface area is 116 Å². The van der Waals surface area contributed by atoms with E-state index in [2.05, 4.69) is 30.1 Å². The zero-order chi connectivity index (χ0) is 13.7. The van der Waals surface area contributed by atoms with Crippen molar-refractivity contribution in [1.82, 2.24) is 10.2 Å². The van der Waals surface area contributed by atoms with Gasteiger partial charge in [0.05, 0.1) is 11.6 Å². The highest BCUT2D eigenvalue weighted by molar-refractivity contribution is 5.32. The van der Waals surface area contributed by atoms with Gasteiger partial charge in [-0.2, -0.15) is 5.26 Å². The third-order valence-corrected chi connectivity index (χ3v) is 4.02. The van der Waals surface area contributed by atoms with Crippen LogP contribution < -0.4 is 5.32 Å². The van der Waals surface area contributed by atoms with Crippen molar-refractivity contribution in [2.24, 2.45) is 0 Å². The molecule has 1 aliphatic rings. The molecular weight excluding hydrogens is 234 g/mol. The van der Waals surface area contributed by atoms with E-state index >= 15 is 0 Å². The number of rotatable bonds is 5. The number of nitrogens with one attached hydrogen (secondary N) is 1. The summed E-state index contributed by atoms with van der Waals surface area (Å²) in [7, 11) is 0. The van der Waals surface area contributed by atoms with E-state index in [0.717, 1.165) is 12.1 Å². The van der Waals surface area contributed by atoms with Crippen LogP contribution in [0.5, 0.6) is 0 Å². The van der Waals surface area contributed by atoms with Gasteiger partial charge in [-0.05, 0) is 57.5 Å². The van der Waals surface area contributed by atoms with Crippen LogP contribution in [0.4, 0.5) is 0 Å². The molecule has 0 radical (unpaired) electrons. The number of nitriles is 1. The van der Waals surface area contributed by atoms with E-state index in [4.69, 9.17) is 5.26 Å². The quantitative estimate of drug-likeness (QED) is 0.881. The van der Waals surface area contributed by atoms with Gasteiger partial charge in [-0.1, -0.05) is 12.1 Å². The van der Waals surface area contributed by atoms with Crippen molar-refractivity contribution in [3.8, 4) is 6.07 Å². The van der Waals surface area contributed by atoms with Gasteiger partial charge in [-0.15, -0.1) is 0 Å². The Balaban J connectivity index is 1.82. The lowest BCUT2D eigenvalue weighted by atomic mass is 10.1. The maximum atomic E-state index is 8.79. The van der Waals surface area contributed by atoms with E-state index in [0.29, 0.717) is 12.1 Å². The predicted octanol–water partition coefficient (Wildman–Crippen LogP) is 2.69. The van der Waals surface area contributed by atoms with Gasteiger partial charge in [0.25, 0.3) is 0 Å². The van der Waals surface area contributed by atoms with Crippen LogP contribution >= 0.6 is 0 Å². The van der Waals surface area contributed by atoms with E-state index in [-0.39, 0.29) is 0 Å². The van der Waals surface area contributed by atoms with Crippen LogP contribution in [0.15, 0.2) is 24.3 Å². The average Bonchev–Trinajstić information content (AvgIpc) is 2.98. The summed E-state index contributed by atoms with van der Waals surface area (Å²) in [5, 5.41) is 12.4. The molecule has 1 N–H and O–H groups in total. The van der Waals surface area contributed by atoms with E-state index < -0.39 is 0 Å². The maximum absolute atomic E-state index is 8.79. The van der Waals surface area contributed by atoms with Crippen molar-refractivity contribution in [3.63, 3.8) is 0 Å². The molecule has 0 amide bonds. The van der Waals surface area contributed by atoms with E-state index in [1.807, 2.05) is 24.3 Å². The van der Waals surface area contributed by atoms with E-state index in [1.54, 1.807) is 0 Å². The Bertz CT molecular complexity index is 426. The zero-order valence-corrected chi connectivity index (χ0v) is 11.9. The number of hydrogen-bond acceptors (Lipinski definition) is 3. The molecule has 2 atom stereocenters. The molecule has 0 aliphatic carbocycles. The molecule has 2 unspecified atom stereocenters. The molecule has 3 nitrogen and oxygen atoms in total. The third kappa shape index (κ3) is 3.79. The second-order valence-electron chi connectivity index (χ2n) is 5.46. The summed E-state index contributed by atoms with van der Waals surface area (Å²) in [5.74, 6) is 0. The molecule has 1 aromatic rings. The fraction of sp³-hybridized carbons (Fsp3) is 0.562. The molecule has 1 fully saturated rings. The van der Waals surface area contributed by atoms with E-state index in [1.165, 1.54) is 31.5 Å². The number of hydrogen-bond donors (Lipinski definition) is 1. The van der Waals surface area contributed by atoms with Gasteiger partial charge in [0.2, 0.25) is 0 Å². The Morgan fingerprint density at radius 2 is 1.84 bits per heavy atom. The zero-order valence-electron chi connectivity index (χ0n) is 11.9. The van der Waals surface area contributed by atoms with Crippen LogP contribution in [0.2, 0.25) is 0 Å². The monoisotopic (exact) mass is 257 g/mol. The first-order valence-electron chi connectivity index (χ1n) is 7.18. The van der Waals surface area contributed by atoms with Crippen LogP contribution in [0.25, 0.3) is 0 Å². The molecule has 1 heterocycles. The highest BCUT2D eigenvalue weighted by atomic mass is 15.2. The van der Waals surface area contributed by atoms with Crippen LogP contribution in [0, 0.1) is 11.3 Å². The molecule has 0 aromatic heterocycles. The molecule has 1 aliphatic heterocycles. The summed E-state index contributed by atoms with van der Waals surface area (Å²) in [6, 6.07) is 10.9. The molecule has 1 aromatic carbocycles. The van der Waals surface area contributed by atoms with Gasteiger partial charge in [-0.3, -0.25) is 4.90 Å². The van der Waals surface area contributed by atoms with Gasteiger partial charge in [0.1, 0.15) is 0 Å². The smallest absolute Gasteiger partial charge is 0.0991 e. The molecule has 19 heavy (non-hydrogen) atoms. The molecule has 3 heteroatoms. The molecule has 1 saturated heterocycles. The summed E-state index contributed by atoms with van der Waals surface area (Å²) < 4.78 is 0. The lowest BCUT2D eigenvalue weighted by molar-refractivity contribution is 0.247. The van der Waals surface area contributed by atoms with Crippen LogP contribution in [-0.2, 0) is 0 Å². The van der Waals surface area contributed by atoms with Crippen LogP contribution in [-0.4, -0.2) is 30.6 Å². The fourth-order valence-corrected chi connectivity index (χ4v) is 2.62. The highest BCUT2D eigenvalue weighted by Gasteiger charge is 2.18. The van der Waals surface area contributed by atoms with Gasteiger partial charge >= 0.3 is 0 Å². The minimum absolute atomic E-state index is 0.331. The molecule has 0 saturated carbocycles. The average molecular weight is 257 g/mol. The molecule has 0 bridgehead atoms. The Kier molecular flexibility index (Phi) is 4.95. The van der Waals surface area contributed by atoms with Crippen molar-refractivity contribution in [3.05, 3.63) is 35.4 Å². The number of benzene rings is 1. The largest absolute Gasteiger partial charge is 0.309 e. The Morgan fingerprint density at radius 3 is 2.42 bits per heavy atom. The van der Waals surface area contributed by atoms with Crippen molar-refractivity contribution in [2.45, 2.75) is 38.8 Å². The van der Waals surface area contributed by atoms with Crippen molar-refractivity contribution >= 4 is 0 Å². The minimum atomic E-state index is 0.331. The van der Waals surface area contributed by atoms with Gasteiger partial charge < -0.3 is 5.32 Å². The fourth-order valence-electron chi connectivity index (χ4n) is 2.62. The van der Waals surface area contributed by atoms with Crippen molar-refractivity contribution < 1.29 is 0 Å². The second-order valence-corrected chi connectivity index (χ2v) is 5.46. The highest BCUT2D eigenvalue weighted by Crippen LogP contribution is 2.15. The Hall–Kier alpha value is -1.37. The summed E-state index contributed by atoms with van der Waals surface area (Å²) in [6.07, 6.45) is 2.69. The van der Waals surface area contributed by atoms with Gasteiger partial charge in [-0.25, -0.2) is 0 Å². The van der Waals surface area contributed by atoms with Gasteiger partial charge in [0, 0.05) is 18.6 Å². The summed E-state index contributed by atoms with van der Waals surface area (Å²) in [5.41, 5.74) is 1.97. The van der Waals surface area contributed by atoms with Gasteiger partial charge in [0.15, 0.2) is 0 Å². The molecule has 0 spiro atoms. The minimum Gasteiger partial charge on any atom is -0.309 e.